The molecule has 1 fully saturated rings. The zero-order chi connectivity index (χ0) is 12.3. The van der Waals surface area contributed by atoms with Gasteiger partial charge in [0.2, 0.25) is 0 Å². The Labute approximate surface area is 105 Å². The van der Waals surface area contributed by atoms with Crippen LogP contribution in [-0.2, 0) is 4.74 Å². The Balaban J connectivity index is 2.05. The van der Waals surface area contributed by atoms with Crippen LogP contribution >= 0.6 is 0 Å². The van der Waals surface area contributed by atoms with E-state index in [0.29, 0.717) is 19.3 Å². The number of nitrogens with one attached hydrogen (secondary N) is 1. The molecule has 0 aliphatic carbocycles. The average molecular weight is 244 g/mol. The maximum atomic E-state index is 8.58. The van der Waals surface area contributed by atoms with Gasteiger partial charge in [-0.2, -0.15) is 0 Å². The predicted molar refractivity (Wildman–Crippen MR) is 70.3 cm³/mol. The third-order valence-corrected chi connectivity index (χ3v) is 3.28. The van der Waals surface area contributed by atoms with Crippen molar-refractivity contribution >= 4 is 0 Å². The van der Waals surface area contributed by atoms with Crippen molar-refractivity contribution in [2.24, 2.45) is 0 Å². The van der Waals surface area contributed by atoms with Crippen LogP contribution in [0, 0.1) is 0 Å². The monoisotopic (exact) mass is 244 g/mol. The number of rotatable bonds is 8. The summed E-state index contributed by atoms with van der Waals surface area (Å²) in [5.74, 6) is 0. The summed E-state index contributed by atoms with van der Waals surface area (Å²) in [6.45, 7) is 8.15. The fourth-order valence-corrected chi connectivity index (χ4v) is 2.40. The summed E-state index contributed by atoms with van der Waals surface area (Å²) in [6.07, 6.45) is 5.09. The molecular weight excluding hydrogens is 216 g/mol. The van der Waals surface area contributed by atoms with E-state index in [9.17, 15) is 0 Å². The second-order valence-corrected chi connectivity index (χ2v) is 4.76. The van der Waals surface area contributed by atoms with Crippen molar-refractivity contribution in [2.45, 2.75) is 38.6 Å². The zero-order valence-electron chi connectivity index (χ0n) is 11.2. The van der Waals surface area contributed by atoms with Crippen LogP contribution in [0.5, 0.6) is 0 Å². The first kappa shape index (κ1) is 14.9. The Kier molecular flexibility index (Phi) is 8.61. The van der Waals surface area contributed by atoms with E-state index >= 15 is 0 Å². The SMILES string of the molecule is CCCN1CCCC(NCCOCCO)CC1. The number of hydrogen-bond acceptors (Lipinski definition) is 4. The van der Waals surface area contributed by atoms with Gasteiger partial charge in [-0.05, 0) is 45.3 Å². The van der Waals surface area contributed by atoms with Gasteiger partial charge in [-0.25, -0.2) is 0 Å². The molecule has 1 unspecified atom stereocenters. The highest BCUT2D eigenvalue weighted by Gasteiger charge is 2.15. The van der Waals surface area contributed by atoms with Gasteiger partial charge in [0.25, 0.3) is 0 Å². The zero-order valence-corrected chi connectivity index (χ0v) is 11.2. The van der Waals surface area contributed by atoms with Crippen LogP contribution in [0.1, 0.15) is 32.6 Å². The van der Waals surface area contributed by atoms with Crippen LogP contribution < -0.4 is 5.32 Å². The molecule has 1 aliphatic heterocycles. The summed E-state index contributed by atoms with van der Waals surface area (Å²) in [5.41, 5.74) is 0. The summed E-state index contributed by atoms with van der Waals surface area (Å²) in [6, 6.07) is 0.648. The lowest BCUT2D eigenvalue weighted by Crippen LogP contribution is -2.33. The summed E-state index contributed by atoms with van der Waals surface area (Å²) in [7, 11) is 0. The van der Waals surface area contributed by atoms with Gasteiger partial charge in [0.15, 0.2) is 0 Å². The molecule has 1 atom stereocenters. The van der Waals surface area contributed by atoms with E-state index in [1.807, 2.05) is 0 Å². The lowest BCUT2D eigenvalue weighted by molar-refractivity contribution is 0.0923. The molecule has 4 heteroatoms. The lowest BCUT2D eigenvalue weighted by Gasteiger charge is -2.19. The third kappa shape index (κ3) is 6.99. The van der Waals surface area contributed by atoms with Crippen molar-refractivity contribution in [3.8, 4) is 0 Å². The number of likely N-dealkylation sites (tertiary alicyclic amines) is 1. The minimum atomic E-state index is 0.120. The standard InChI is InChI=1S/C13H28N2O2/c1-2-7-15-8-3-4-13(5-9-15)14-6-11-17-12-10-16/h13-14,16H,2-12H2,1H3. The molecule has 0 spiro atoms. The van der Waals surface area contributed by atoms with Crippen LogP contribution in [0.4, 0.5) is 0 Å². The summed E-state index contributed by atoms with van der Waals surface area (Å²) in [4.78, 5) is 2.57. The Hall–Kier alpha value is -0.160. The first-order valence-corrected chi connectivity index (χ1v) is 7.01. The third-order valence-electron chi connectivity index (χ3n) is 3.28. The summed E-state index contributed by atoms with van der Waals surface area (Å²) in [5, 5.41) is 12.1. The first-order valence-electron chi connectivity index (χ1n) is 7.01. The summed E-state index contributed by atoms with van der Waals surface area (Å²) >= 11 is 0. The average Bonchev–Trinajstić information content (AvgIpc) is 2.55. The highest BCUT2D eigenvalue weighted by molar-refractivity contribution is 4.74. The van der Waals surface area contributed by atoms with Gasteiger partial charge in [-0.3, -0.25) is 0 Å². The molecule has 102 valence electrons. The number of ether oxygens (including phenoxy) is 1. The fraction of sp³-hybridized carbons (Fsp3) is 1.00. The summed E-state index contributed by atoms with van der Waals surface area (Å²) < 4.78 is 5.24. The van der Waals surface area contributed by atoms with Crippen molar-refractivity contribution in [3.05, 3.63) is 0 Å². The van der Waals surface area contributed by atoms with Gasteiger partial charge in [0.1, 0.15) is 0 Å². The molecule has 0 radical (unpaired) electrons. The van der Waals surface area contributed by atoms with Gasteiger partial charge < -0.3 is 20.1 Å². The molecule has 1 saturated heterocycles. The highest BCUT2D eigenvalue weighted by atomic mass is 16.5. The molecule has 17 heavy (non-hydrogen) atoms. The number of aliphatic hydroxyl groups excluding tert-OH is 1. The molecule has 1 aliphatic rings. The fourth-order valence-electron chi connectivity index (χ4n) is 2.40. The largest absolute Gasteiger partial charge is 0.394 e. The second-order valence-electron chi connectivity index (χ2n) is 4.76. The molecule has 1 heterocycles. The molecule has 4 nitrogen and oxygen atoms in total. The number of hydrogen-bond donors (Lipinski definition) is 2. The maximum absolute atomic E-state index is 8.58. The van der Waals surface area contributed by atoms with Crippen molar-refractivity contribution in [3.63, 3.8) is 0 Å². The Morgan fingerprint density at radius 3 is 2.94 bits per heavy atom. The Bertz CT molecular complexity index is 179. The van der Waals surface area contributed by atoms with Crippen molar-refractivity contribution < 1.29 is 9.84 Å². The van der Waals surface area contributed by atoms with Gasteiger partial charge in [-0.15, -0.1) is 0 Å². The van der Waals surface area contributed by atoms with Crippen LogP contribution in [-0.4, -0.2) is 62.0 Å². The van der Waals surface area contributed by atoms with Crippen molar-refractivity contribution in [1.82, 2.24) is 10.2 Å². The second kappa shape index (κ2) is 9.83. The number of nitrogens with zero attached hydrogens (tertiary/aromatic N) is 1. The minimum Gasteiger partial charge on any atom is -0.394 e. The topological polar surface area (TPSA) is 44.7 Å². The maximum Gasteiger partial charge on any atom is 0.0698 e. The molecule has 2 N–H and O–H groups in total. The van der Waals surface area contributed by atoms with Gasteiger partial charge in [-0.1, -0.05) is 6.92 Å². The van der Waals surface area contributed by atoms with Crippen molar-refractivity contribution in [2.75, 3.05) is 46.0 Å². The van der Waals surface area contributed by atoms with Gasteiger partial charge in [0, 0.05) is 12.6 Å². The van der Waals surface area contributed by atoms with Crippen LogP contribution in [0.3, 0.4) is 0 Å². The molecule has 0 aromatic rings. The van der Waals surface area contributed by atoms with E-state index in [2.05, 4.69) is 17.1 Å². The molecule has 0 bridgehead atoms. The molecule has 0 aromatic heterocycles. The highest BCUT2D eigenvalue weighted by Crippen LogP contribution is 2.11. The molecule has 0 saturated carbocycles. The van der Waals surface area contributed by atoms with E-state index in [1.54, 1.807) is 0 Å². The molecule has 0 aromatic carbocycles. The van der Waals surface area contributed by atoms with E-state index < -0.39 is 0 Å². The van der Waals surface area contributed by atoms with Crippen LogP contribution in [0.2, 0.25) is 0 Å². The van der Waals surface area contributed by atoms with Gasteiger partial charge >= 0.3 is 0 Å². The normalized spacial score (nSPS) is 22.6. The van der Waals surface area contributed by atoms with Crippen LogP contribution in [0.25, 0.3) is 0 Å². The van der Waals surface area contributed by atoms with Gasteiger partial charge in [0.05, 0.1) is 19.8 Å². The smallest absolute Gasteiger partial charge is 0.0698 e. The quantitative estimate of drug-likeness (QED) is 0.621. The predicted octanol–water partition coefficient (Wildman–Crippen LogP) is 0.849. The van der Waals surface area contributed by atoms with E-state index in [-0.39, 0.29) is 6.61 Å². The number of aliphatic hydroxyl groups is 1. The van der Waals surface area contributed by atoms with Crippen molar-refractivity contribution in [1.29, 1.82) is 0 Å². The molecule has 1 rings (SSSR count). The molecule has 0 amide bonds. The molecular formula is C13H28N2O2. The van der Waals surface area contributed by atoms with E-state index in [0.717, 1.165) is 6.54 Å². The first-order chi connectivity index (χ1) is 8.36. The lowest BCUT2D eigenvalue weighted by atomic mass is 10.1. The Morgan fingerprint density at radius 1 is 1.29 bits per heavy atom. The van der Waals surface area contributed by atoms with E-state index in [4.69, 9.17) is 9.84 Å². The Morgan fingerprint density at radius 2 is 2.18 bits per heavy atom. The van der Waals surface area contributed by atoms with E-state index in [1.165, 1.54) is 45.3 Å². The minimum absolute atomic E-state index is 0.120. The van der Waals surface area contributed by atoms with Crippen LogP contribution in [0.15, 0.2) is 0 Å².